The third kappa shape index (κ3) is 1.67. The molecule has 0 radical (unpaired) electrons. The molecule has 0 unspecified atom stereocenters. The summed E-state index contributed by atoms with van der Waals surface area (Å²) >= 11 is 0. The lowest BCUT2D eigenvalue weighted by molar-refractivity contribution is 0.792. The number of hydrogen-bond donors (Lipinski definition) is 0. The van der Waals surface area contributed by atoms with E-state index in [4.69, 9.17) is 0 Å². The summed E-state index contributed by atoms with van der Waals surface area (Å²) in [6.07, 6.45) is 2.60. The van der Waals surface area contributed by atoms with E-state index in [1.54, 1.807) is 10.6 Å². The van der Waals surface area contributed by atoms with E-state index in [9.17, 15) is 0 Å². The van der Waals surface area contributed by atoms with Crippen LogP contribution >= 0.6 is 7.92 Å². The van der Waals surface area contributed by atoms with Crippen molar-refractivity contribution in [2.75, 3.05) is 0 Å². The number of hydrogen-bond acceptors (Lipinski definition) is 0. The Hall–Kier alpha value is 0.170. The summed E-state index contributed by atoms with van der Waals surface area (Å²) in [6, 6.07) is 0. The summed E-state index contributed by atoms with van der Waals surface area (Å²) in [5, 5.41) is 4.15. The third-order valence-electron chi connectivity index (χ3n) is 2.16. The molecule has 0 atom stereocenters. The molecule has 0 aromatic rings. The molecule has 0 aromatic carbocycles. The summed E-state index contributed by atoms with van der Waals surface area (Å²) in [7, 11) is 0.215. The molecule has 0 aromatic heterocycles. The Morgan fingerprint density at radius 3 is 1.45 bits per heavy atom. The second-order valence-corrected chi connectivity index (χ2v) is 7.20. The van der Waals surface area contributed by atoms with Gasteiger partial charge in [-0.1, -0.05) is 34.6 Å². The average Bonchev–Trinajstić information content (AvgIpc) is 2.58. The van der Waals surface area contributed by atoms with E-state index in [0.29, 0.717) is 5.16 Å². The van der Waals surface area contributed by atoms with E-state index >= 15 is 0 Å². The van der Waals surface area contributed by atoms with Crippen LogP contribution in [0.1, 0.15) is 47.5 Å². The van der Waals surface area contributed by atoms with Crippen molar-refractivity contribution in [2.24, 2.45) is 0 Å². The van der Waals surface area contributed by atoms with Gasteiger partial charge in [-0.15, -0.1) is 0 Å². The van der Waals surface area contributed by atoms with Crippen LogP contribution in [0.5, 0.6) is 0 Å². The quantitative estimate of drug-likeness (QED) is 0.541. The van der Waals surface area contributed by atoms with Gasteiger partial charge in [0.25, 0.3) is 0 Å². The van der Waals surface area contributed by atoms with Crippen molar-refractivity contribution >= 4 is 7.92 Å². The minimum absolute atomic E-state index is 0.215. The molecule has 0 spiro atoms. The van der Waals surface area contributed by atoms with E-state index in [-0.39, 0.29) is 7.92 Å². The smallest absolute Gasteiger partial charge is 0.0105 e. The SMILES string of the molecule is CCC1=C(CC)P1C(C)(C)C. The van der Waals surface area contributed by atoms with Gasteiger partial charge in [-0.2, -0.15) is 0 Å². The van der Waals surface area contributed by atoms with Crippen LogP contribution in [0.2, 0.25) is 0 Å². The summed E-state index contributed by atoms with van der Waals surface area (Å²) < 4.78 is 0. The first-order chi connectivity index (χ1) is 5.02. The highest BCUT2D eigenvalue weighted by atomic mass is 31.1. The first-order valence-electron chi connectivity index (χ1n) is 4.54. The zero-order valence-corrected chi connectivity index (χ0v) is 9.26. The fourth-order valence-corrected chi connectivity index (χ4v) is 4.97. The Morgan fingerprint density at radius 1 is 1.00 bits per heavy atom. The van der Waals surface area contributed by atoms with Gasteiger partial charge in [-0.25, -0.2) is 0 Å². The Bertz CT molecular complexity index is 170. The zero-order valence-electron chi connectivity index (χ0n) is 8.36. The van der Waals surface area contributed by atoms with Gasteiger partial charge in [0.15, 0.2) is 0 Å². The van der Waals surface area contributed by atoms with Crippen molar-refractivity contribution in [3.63, 3.8) is 0 Å². The highest BCUT2D eigenvalue weighted by Crippen LogP contribution is 2.78. The van der Waals surface area contributed by atoms with Gasteiger partial charge in [0.05, 0.1) is 0 Å². The molecule has 0 nitrogen and oxygen atoms in total. The average molecular weight is 170 g/mol. The van der Waals surface area contributed by atoms with Gasteiger partial charge in [-0.05, 0) is 36.5 Å². The standard InChI is InChI=1S/C10H19P/c1-6-8-9(7-2)11(8)10(3,4)5/h6-7H2,1-5H3. The van der Waals surface area contributed by atoms with Crippen molar-refractivity contribution in [2.45, 2.75) is 52.6 Å². The van der Waals surface area contributed by atoms with E-state index < -0.39 is 0 Å². The molecule has 64 valence electrons. The summed E-state index contributed by atoms with van der Waals surface area (Å²) in [5.74, 6) is 0. The van der Waals surface area contributed by atoms with Crippen molar-refractivity contribution < 1.29 is 0 Å². The van der Waals surface area contributed by atoms with Gasteiger partial charge in [0.2, 0.25) is 0 Å². The predicted octanol–water partition coefficient (Wildman–Crippen LogP) is 4.31. The molecule has 0 saturated carbocycles. The van der Waals surface area contributed by atoms with Gasteiger partial charge in [-0.3, -0.25) is 0 Å². The van der Waals surface area contributed by atoms with Gasteiger partial charge in [0.1, 0.15) is 0 Å². The minimum atomic E-state index is 0.215. The minimum Gasteiger partial charge on any atom is -0.0612 e. The Labute approximate surface area is 71.8 Å². The van der Waals surface area contributed by atoms with Crippen LogP contribution in [-0.4, -0.2) is 5.16 Å². The molecule has 1 aliphatic heterocycles. The molecule has 1 heteroatoms. The molecule has 0 bridgehead atoms. The fraction of sp³-hybridized carbons (Fsp3) is 0.800. The van der Waals surface area contributed by atoms with Gasteiger partial charge < -0.3 is 0 Å². The topological polar surface area (TPSA) is 0 Å². The molecule has 0 amide bonds. The van der Waals surface area contributed by atoms with Crippen LogP contribution in [0.4, 0.5) is 0 Å². The maximum absolute atomic E-state index is 2.37. The normalized spacial score (nSPS) is 19.4. The van der Waals surface area contributed by atoms with Crippen LogP contribution in [0, 0.1) is 0 Å². The summed E-state index contributed by atoms with van der Waals surface area (Å²) in [6.45, 7) is 11.7. The molecule has 0 aliphatic carbocycles. The van der Waals surface area contributed by atoms with Crippen LogP contribution in [0.15, 0.2) is 10.6 Å². The number of rotatable bonds is 2. The Morgan fingerprint density at radius 2 is 1.36 bits per heavy atom. The molecule has 1 aliphatic rings. The van der Waals surface area contributed by atoms with E-state index in [1.807, 2.05) is 0 Å². The first kappa shape index (κ1) is 9.26. The summed E-state index contributed by atoms with van der Waals surface area (Å²) in [5.41, 5.74) is 0. The summed E-state index contributed by atoms with van der Waals surface area (Å²) in [4.78, 5) is 0. The van der Waals surface area contributed by atoms with Crippen LogP contribution in [0.25, 0.3) is 0 Å². The van der Waals surface area contributed by atoms with Crippen molar-refractivity contribution in [3.05, 3.63) is 10.6 Å². The van der Waals surface area contributed by atoms with Crippen molar-refractivity contribution in [1.82, 2.24) is 0 Å². The van der Waals surface area contributed by atoms with Gasteiger partial charge >= 0.3 is 0 Å². The van der Waals surface area contributed by atoms with E-state index in [2.05, 4.69) is 34.6 Å². The Balaban J connectivity index is 2.60. The molecule has 0 N–H and O–H groups in total. The maximum atomic E-state index is 2.37. The highest BCUT2D eigenvalue weighted by molar-refractivity contribution is 7.75. The predicted molar refractivity (Wildman–Crippen MR) is 54.3 cm³/mol. The molecular formula is C10H19P. The zero-order chi connectivity index (χ0) is 8.65. The molecule has 0 saturated heterocycles. The lowest BCUT2D eigenvalue weighted by atomic mass is 10.3. The fourth-order valence-electron chi connectivity index (χ4n) is 1.77. The van der Waals surface area contributed by atoms with Crippen LogP contribution < -0.4 is 0 Å². The van der Waals surface area contributed by atoms with Crippen molar-refractivity contribution in [3.8, 4) is 0 Å². The molecule has 1 rings (SSSR count). The first-order valence-corrected chi connectivity index (χ1v) is 5.88. The second kappa shape index (κ2) is 2.90. The highest BCUT2D eigenvalue weighted by Gasteiger charge is 2.41. The largest absolute Gasteiger partial charge is 0.0612 e. The van der Waals surface area contributed by atoms with E-state index in [1.165, 1.54) is 12.8 Å². The molecular weight excluding hydrogens is 151 g/mol. The molecule has 0 fully saturated rings. The van der Waals surface area contributed by atoms with E-state index in [0.717, 1.165) is 0 Å². The lowest BCUT2D eigenvalue weighted by Crippen LogP contribution is -2.05. The third-order valence-corrected chi connectivity index (χ3v) is 5.53. The molecule has 1 heterocycles. The lowest BCUT2D eigenvalue weighted by Gasteiger charge is -2.20. The van der Waals surface area contributed by atoms with Crippen LogP contribution in [0.3, 0.4) is 0 Å². The van der Waals surface area contributed by atoms with Crippen LogP contribution in [-0.2, 0) is 0 Å². The van der Waals surface area contributed by atoms with Crippen molar-refractivity contribution in [1.29, 1.82) is 0 Å². The van der Waals surface area contributed by atoms with Gasteiger partial charge in [0, 0.05) is 0 Å². The monoisotopic (exact) mass is 170 g/mol. The Kier molecular flexibility index (Phi) is 2.44. The second-order valence-electron chi connectivity index (χ2n) is 4.11. The molecule has 11 heavy (non-hydrogen) atoms. The maximum Gasteiger partial charge on any atom is -0.0105 e. The number of allylic oxidation sites excluding steroid dienone is 2.